The van der Waals surface area contributed by atoms with Crippen LogP contribution in [0.2, 0.25) is 0 Å². The number of fused-ring (bicyclic) bond motifs is 1. The van der Waals surface area contributed by atoms with Crippen molar-refractivity contribution in [1.29, 1.82) is 0 Å². The highest BCUT2D eigenvalue weighted by Gasteiger charge is 2.28. The molecule has 0 radical (unpaired) electrons. The van der Waals surface area contributed by atoms with Gasteiger partial charge in [-0.2, -0.15) is 0 Å². The van der Waals surface area contributed by atoms with Crippen LogP contribution in [0.3, 0.4) is 0 Å². The van der Waals surface area contributed by atoms with Crippen LogP contribution in [0.5, 0.6) is 0 Å². The Balaban J connectivity index is 1.66. The number of aromatic nitrogens is 2. The van der Waals surface area contributed by atoms with E-state index in [1.807, 2.05) is 38.4 Å². The summed E-state index contributed by atoms with van der Waals surface area (Å²) in [6.07, 6.45) is 4.64. The molecule has 1 fully saturated rings. The number of benzene rings is 1. The maximum Gasteiger partial charge on any atom is 0.305 e. The van der Waals surface area contributed by atoms with Crippen LogP contribution in [0.25, 0.3) is 10.2 Å². The number of nitrogens with two attached hydrogens (primary N) is 1. The number of rotatable bonds is 6. The average molecular weight is 427 g/mol. The van der Waals surface area contributed by atoms with Gasteiger partial charge in [0, 0.05) is 24.8 Å². The molecule has 5 N–H and O–H groups in total. The van der Waals surface area contributed by atoms with Crippen LogP contribution >= 0.6 is 11.3 Å². The topological polar surface area (TPSA) is 116 Å². The molecule has 0 saturated heterocycles. The molecule has 1 saturated carbocycles. The molecule has 2 atom stereocenters. The number of carbonyl (C=O) groups excluding carboxylic acids is 1. The number of primary amides is 1. The van der Waals surface area contributed by atoms with Crippen molar-refractivity contribution in [3.05, 3.63) is 45.6 Å². The Morgan fingerprint density at radius 2 is 2.07 bits per heavy atom. The number of hydrogen-bond donors (Lipinski definition) is 4. The molecule has 2 aromatic heterocycles. The molecule has 0 aliphatic heterocycles. The number of anilines is 3. The fourth-order valence-corrected chi connectivity index (χ4v) is 4.96. The lowest BCUT2D eigenvalue weighted by Gasteiger charge is -2.38. The van der Waals surface area contributed by atoms with Crippen molar-refractivity contribution >= 4 is 44.8 Å². The van der Waals surface area contributed by atoms with E-state index in [4.69, 9.17) is 10.7 Å². The molecule has 2 unspecified atom stereocenters. The Hall–Kier alpha value is -2.91. The molecule has 158 valence electrons. The lowest BCUT2D eigenvalue weighted by Crippen LogP contribution is -2.49. The molecule has 1 aliphatic rings. The Bertz CT molecular complexity index is 1120. The quantitative estimate of drug-likeness (QED) is 0.482. The summed E-state index contributed by atoms with van der Waals surface area (Å²) >= 11 is 1.14. The standard InChI is InChI=1S/C21H26N6O2S/c1-23-14-5-3-4-6-16(14)27(2)18-10-8-13(19(22)28)20(26-18)24-12-7-9-15-17(11-12)30-21(29)25-15/h7-11,14,16,23H,3-6H2,1-2H3,(H2,22,28)(H,24,26)(H,25,29). The highest BCUT2D eigenvalue weighted by Crippen LogP contribution is 2.29. The summed E-state index contributed by atoms with van der Waals surface area (Å²) in [5.41, 5.74) is 7.43. The molecule has 4 rings (SSSR count). The van der Waals surface area contributed by atoms with Crippen LogP contribution in [0.15, 0.2) is 35.1 Å². The zero-order chi connectivity index (χ0) is 21.3. The second kappa shape index (κ2) is 8.45. The van der Waals surface area contributed by atoms with Crippen LogP contribution in [-0.2, 0) is 0 Å². The van der Waals surface area contributed by atoms with Gasteiger partial charge in [-0.05, 0) is 50.2 Å². The summed E-state index contributed by atoms with van der Waals surface area (Å²) < 4.78 is 0.831. The molecular weight excluding hydrogens is 400 g/mol. The van der Waals surface area contributed by atoms with Gasteiger partial charge in [-0.25, -0.2) is 4.98 Å². The zero-order valence-electron chi connectivity index (χ0n) is 17.1. The fraction of sp³-hybridized carbons (Fsp3) is 0.381. The van der Waals surface area contributed by atoms with Crippen molar-refractivity contribution < 1.29 is 4.79 Å². The summed E-state index contributed by atoms with van der Waals surface area (Å²) in [4.78, 5) is 33.2. The Morgan fingerprint density at radius 3 is 2.83 bits per heavy atom. The second-order valence-electron chi connectivity index (χ2n) is 7.64. The number of carbonyl (C=O) groups is 1. The van der Waals surface area contributed by atoms with E-state index in [2.05, 4.69) is 20.5 Å². The SMILES string of the molecule is CNC1CCCCC1N(C)c1ccc(C(N)=O)c(Nc2ccc3[nH]c(=O)sc3c2)n1. The monoisotopic (exact) mass is 426 g/mol. The van der Waals surface area contributed by atoms with Gasteiger partial charge in [-0.1, -0.05) is 24.2 Å². The maximum atomic E-state index is 12.0. The number of thiazole rings is 1. The van der Waals surface area contributed by atoms with Gasteiger partial charge in [0.1, 0.15) is 11.6 Å². The number of pyridine rings is 1. The molecule has 1 amide bonds. The first-order valence-corrected chi connectivity index (χ1v) is 10.9. The molecule has 2 heterocycles. The minimum Gasteiger partial charge on any atom is -0.365 e. The van der Waals surface area contributed by atoms with Gasteiger partial charge < -0.3 is 26.3 Å². The summed E-state index contributed by atoms with van der Waals surface area (Å²) in [5.74, 6) is 0.644. The highest BCUT2D eigenvalue weighted by atomic mass is 32.1. The maximum absolute atomic E-state index is 12.0. The van der Waals surface area contributed by atoms with Crippen molar-refractivity contribution in [2.75, 3.05) is 24.3 Å². The molecule has 3 aromatic rings. The Morgan fingerprint density at radius 1 is 1.27 bits per heavy atom. The van der Waals surface area contributed by atoms with E-state index in [-0.39, 0.29) is 4.87 Å². The lowest BCUT2D eigenvalue weighted by atomic mass is 9.89. The molecular formula is C21H26N6O2S. The largest absolute Gasteiger partial charge is 0.365 e. The smallest absolute Gasteiger partial charge is 0.305 e. The number of amides is 1. The predicted molar refractivity (Wildman–Crippen MR) is 122 cm³/mol. The highest BCUT2D eigenvalue weighted by molar-refractivity contribution is 7.16. The number of nitrogens with zero attached hydrogens (tertiary/aromatic N) is 2. The van der Waals surface area contributed by atoms with Crippen molar-refractivity contribution in [1.82, 2.24) is 15.3 Å². The van der Waals surface area contributed by atoms with Crippen LogP contribution in [-0.4, -0.2) is 42.1 Å². The second-order valence-corrected chi connectivity index (χ2v) is 8.65. The average Bonchev–Trinajstić information content (AvgIpc) is 3.12. The Labute approximate surface area is 178 Å². The van der Waals surface area contributed by atoms with E-state index in [1.54, 1.807) is 6.07 Å². The normalized spacial score (nSPS) is 19.0. The van der Waals surface area contributed by atoms with E-state index in [0.717, 1.165) is 45.9 Å². The van der Waals surface area contributed by atoms with Crippen LogP contribution < -0.4 is 26.1 Å². The van der Waals surface area contributed by atoms with Gasteiger partial charge in [-0.3, -0.25) is 9.59 Å². The van der Waals surface area contributed by atoms with Gasteiger partial charge in [0.25, 0.3) is 5.91 Å². The number of hydrogen-bond acceptors (Lipinski definition) is 7. The van der Waals surface area contributed by atoms with Crippen LogP contribution in [0, 0.1) is 0 Å². The minimum atomic E-state index is -0.544. The van der Waals surface area contributed by atoms with Crippen molar-refractivity contribution in [3.8, 4) is 0 Å². The number of likely N-dealkylation sites (N-methyl/N-ethyl adjacent to an activating group) is 2. The number of aromatic amines is 1. The van der Waals surface area contributed by atoms with Crippen LogP contribution in [0.4, 0.5) is 17.3 Å². The van der Waals surface area contributed by atoms with Gasteiger partial charge in [0.05, 0.1) is 15.8 Å². The molecule has 30 heavy (non-hydrogen) atoms. The van der Waals surface area contributed by atoms with Gasteiger partial charge in [0.2, 0.25) is 0 Å². The molecule has 1 aromatic carbocycles. The molecule has 0 spiro atoms. The molecule has 0 bridgehead atoms. The third-order valence-corrected chi connectivity index (χ3v) is 6.63. The minimum absolute atomic E-state index is 0.103. The van der Waals surface area contributed by atoms with Gasteiger partial charge >= 0.3 is 4.87 Å². The molecule has 1 aliphatic carbocycles. The lowest BCUT2D eigenvalue weighted by molar-refractivity contribution is 0.100. The van der Waals surface area contributed by atoms with Crippen molar-refractivity contribution in [2.24, 2.45) is 5.73 Å². The first kappa shape index (κ1) is 20.4. The number of nitrogens with one attached hydrogen (secondary N) is 3. The summed E-state index contributed by atoms with van der Waals surface area (Å²) in [5, 5.41) is 6.64. The first-order chi connectivity index (χ1) is 14.5. The van der Waals surface area contributed by atoms with E-state index in [9.17, 15) is 9.59 Å². The molecule has 9 heteroatoms. The van der Waals surface area contributed by atoms with Crippen molar-refractivity contribution in [2.45, 2.75) is 37.8 Å². The predicted octanol–water partition coefficient (Wildman–Crippen LogP) is 2.79. The fourth-order valence-electron chi connectivity index (χ4n) is 4.18. The summed E-state index contributed by atoms with van der Waals surface area (Å²) in [7, 11) is 4.04. The van der Waals surface area contributed by atoms with E-state index in [0.29, 0.717) is 23.5 Å². The van der Waals surface area contributed by atoms with Crippen LogP contribution in [0.1, 0.15) is 36.0 Å². The van der Waals surface area contributed by atoms with E-state index >= 15 is 0 Å². The zero-order valence-corrected chi connectivity index (χ0v) is 17.9. The van der Waals surface area contributed by atoms with Gasteiger partial charge in [0.15, 0.2) is 0 Å². The van der Waals surface area contributed by atoms with Crippen molar-refractivity contribution in [3.63, 3.8) is 0 Å². The van der Waals surface area contributed by atoms with Gasteiger partial charge in [-0.15, -0.1) is 0 Å². The van der Waals surface area contributed by atoms with E-state index < -0.39 is 5.91 Å². The number of H-pyrrole nitrogens is 1. The Kier molecular flexibility index (Phi) is 5.74. The summed E-state index contributed by atoms with van der Waals surface area (Å²) in [6, 6.07) is 9.82. The van der Waals surface area contributed by atoms with E-state index in [1.165, 1.54) is 12.8 Å². The third kappa shape index (κ3) is 4.03. The summed E-state index contributed by atoms with van der Waals surface area (Å²) in [6.45, 7) is 0. The first-order valence-electron chi connectivity index (χ1n) is 10.1. The molecule has 8 nitrogen and oxygen atoms in total. The third-order valence-electron chi connectivity index (χ3n) is 5.79.